The van der Waals surface area contributed by atoms with E-state index in [-0.39, 0.29) is 9.28 Å². The molecule has 1 atom stereocenters. The number of hydrogen-bond acceptors (Lipinski definition) is 2. The van der Waals surface area contributed by atoms with Crippen molar-refractivity contribution in [2.75, 3.05) is 19.7 Å². The van der Waals surface area contributed by atoms with Gasteiger partial charge in [0.15, 0.2) is 9.28 Å². The summed E-state index contributed by atoms with van der Waals surface area (Å²) in [5, 5.41) is 0. The van der Waals surface area contributed by atoms with E-state index < -0.39 is 8.48 Å². The van der Waals surface area contributed by atoms with Crippen molar-refractivity contribution < 1.29 is 4.43 Å². The first kappa shape index (κ1) is 11.4. The molecule has 0 amide bonds. The van der Waals surface area contributed by atoms with Crippen LogP contribution < -0.4 is 0 Å². The molecule has 78 valence electrons. The Labute approximate surface area is 86.1 Å². The highest BCUT2D eigenvalue weighted by Gasteiger charge is 2.32. The molecule has 1 aliphatic heterocycles. The van der Waals surface area contributed by atoms with Crippen molar-refractivity contribution in [2.45, 2.75) is 33.7 Å². The second-order valence-corrected chi connectivity index (χ2v) is 11.8. The lowest BCUT2D eigenvalue weighted by atomic mass is 9.98. The van der Waals surface area contributed by atoms with Crippen LogP contribution in [0.15, 0.2) is 0 Å². The lowest BCUT2D eigenvalue weighted by molar-refractivity contribution is 0.194. The summed E-state index contributed by atoms with van der Waals surface area (Å²) in [4.78, 5) is 0. The van der Waals surface area contributed by atoms with E-state index >= 15 is 0 Å². The molecule has 1 fully saturated rings. The molecule has 4 heteroatoms. The Hall–Kier alpha value is 0.354. The summed E-state index contributed by atoms with van der Waals surface area (Å²) in [7, 11) is -0.767. The van der Waals surface area contributed by atoms with Crippen molar-refractivity contribution in [3.05, 3.63) is 0 Å². The molecule has 0 bridgehead atoms. The standard InChI is InChI=1S/C9H23NOSi2/c1-5-10(6-2)13-8-9(3,4)7-11-12-13/h13H,5-8,12H2,1-4H3. The third kappa shape index (κ3) is 3.20. The fourth-order valence-electron chi connectivity index (χ4n) is 2.20. The fourth-order valence-corrected chi connectivity index (χ4v) is 12.2. The third-order valence-corrected chi connectivity index (χ3v) is 11.4. The first-order chi connectivity index (χ1) is 6.09. The number of nitrogens with zero attached hydrogens (tertiary/aromatic N) is 1. The van der Waals surface area contributed by atoms with Gasteiger partial charge in [0.1, 0.15) is 8.48 Å². The predicted molar refractivity (Wildman–Crippen MR) is 63.2 cm³/mol. The zero-order chi connectivity index (χ0) is 9.90. The van der Waals surface area contributed by atoms with Crippen molar-refractivity contribution in [3.8, 4) is 0 Å². The van der Waals surface area contributed by atoms with Crippen molar-refractivity contribution in [3.63, 3.8) is 0 Å². The van der Waals surface area contributed by atoms with Crippen LogP contribution in [-0.2, 0) is 4.43 Å². The van der Waals surface area contributed by atoms with Crippen LogP contribution in [0.3, 0.4) is 0 Å². The summed E-state index contributed by atoms with van der Waals surface area (Å²) in [6.07, 6.45) is 0. The van der Waals surface area contributed by atoms with Gasteiger partial charge in [-0.2, -0.15) is 0 Å². The highest BCUT2D eigenvalue weighted by atomic mass is 29.2. The van der Waals surface area contributed by atoms with Crippen LogP contribution in [0.25, 0.3) is 0 Å². The SMILES string of the molecule is CCN(CC)[SiH]1CC(C)(C)CO[SiH2]1. The molecule has 2 nitrogen and oxygen atoms in total. The number of hydrogen-bond donors (Lipinski definition) is 0. The molecule has 1 heterocycles. The highest BCUT2D eigenvalue weighted by Crippen LogP contribution is 2.27. The highest BCUT2D eigenvalue weighted by molar-refractivity contribution is 7.08. The smallest absolute Gasteiger partial charge is 0.164 e. The van der Waals surface area contributed by atoms with Crippen LogP contribution in [0.4, 0.5) is 0 Å². The van der Waals surface area contributed by atoms with E-state index in [4.69, 9.17) is 4.43 Å². The minimum atomic E-state index is -0.616. The summed E-state index contributed by atoms with van der Waals surface area (Å²) in [5.74, 6) is 0. The molecular weight excluding hydrogens is 194 g/mol. The van der Waals surface area contributed by atoms with E-state index in [0.29, 0.717) is 5.41 Å². The van der Waals surface area contributed by atoms with E-state index in [2.05, 4.69) is 32.3 Å². The van der Waals surface area contributed by atoms with Crippen LogP contribution in [0.2, 0.25) is 6.04 Å². The van der Waals surface area contributed by atoms with Crippen molar-refractivity contribution in [1.82, 2.24) is 4.57 Å². The molecule has 1 unspecified atom stereocenters. The van der Waals surface area contributed by atoms with Gasteiger partial charge in [0, 0.05) is 6.61 Å². The van der Waals surface area contributed by atoms with Crippen LogP contribution >= 0.6 is 0 Å². The Morgan fingerprint density at radius 2 is 2.00 bits per heavy atom. The molecule has 0 N–H and O–H groups in total. The maximum absolute atomic E-state index is 5.84. The largest absolute Gasteiger partial charge is 0.425 e. The van der Waals surface area contributed by atoms with Gasteiger partial charge in [-0.05, 0) is 24.5 Å². The minimum absolute atomic E-state index is 0.151. The van der Waals surface area contributed by atoms with Crippen molar-refractivity contribution in [1.29, 1.82) is 0 Å². The maximum Gasteiger partial charge on any atom is 0.164 e. The summed E-state index contributed by atoms with van der Waals surface area (Å²) < 4.78 is 8.54. The zero-order valence-corrected chi connectivity index (χ0v) is 12.0. The first-order valence-corrected chi connectivity index (χ1v) is 10.6. The van der Waals surface area contributed by atoms with Crippen molar-refractivity contribution in [2.24, 2.45) is 5.41 Å². The Balaban J connectivity index is 2.50. The lowest BCUT2D eigenvalue weighted by Crippen LogP contribution is -2.51. The van der Waals surface area contributed by atoms with E-state index in [1.165, 1.54) is 19.1 Å². The monoisotopic (exact) mass is 217 g/mol. The van der Waals surface area contributed by atoms with Crippen LogP contribution in [-0.4, -0.2) is 42.0 Å². The van der Waals surface area contributed by atoms with Crippen molar-refractivity contribution >= 4 is 17.8 Å². The molecule has 1 aliphatic rings. The lowest BCUT2D eigenvalue weighted by Gasteiger charge is -2.39. The second-order valence-electron chi connectivity index (χ2n) is 4.76. The molecule has 0 spiro atoms. The van der Waals surface area contributed by atoms with Crippen LogP contribution in [0.5, 0.6) is 0 Å². The van der Waals surface area contributed by atoms with Crippen LogP contribution in [0, 0.1) is 5.41 Å². The van der Waals surface area contributed by atoms with Gasteiger partial charge in [0.2, 0.25) is 0 Å². The Morgan fingerprint density at radius 3 is 2.46 bits per heavy atom. The molecule has 0 radical (unpaired) electrons. The first-order valence-electron chi connectivity index (χ1n) is 5.41. The molecular formula is C9H23NOSi2. The summed E-state index contributed by atoms with van der Waals surface area (Å²) >= 11 is 0. The van der Waals surface area contributed by atoms with E-state index in [1.807, 2.05) is 0 Å². The Bertz CT molecular complexity index is 160. The molecule has 0 aromatic rings. The van der Waals surface area contributed by atoms with Gasteiger partial charge in [-0.25, -0.2) is 0 Å². The normalized spacial score (nSPS) is 29.8. The summed E-state index contributed by atoms with van der Waals surface area (Å²) in [6, 6.07) is 1.47. The van der Waals surface area contributed by atoms with Gasteiger partial charge in [0.05, 0.1) is 0 Å². The number of rotatable bonds is 3. The third-order valence-electron chi connectivity index (χ3n) is 2.92. The average Bonchev–Trinajstić information content (AvgIpc) is 2.05. The molecule has 0 aliphatic carbocycles. The molecule has 13 heavy (non-hydrogen) atoms. The van der Waals surface area contributed by atoms with Gasteiger partial charge in [0.25, 0.3) is 0 Å². The quantitative estimate of drug-likeness (QED) is 0.645. The molecule has 1 saturated heterocycles. The summed E-state index contributed by atoms with van der Waals surface area (Å²) in [6.45, 7) is 12.8. The average molecular weight is 217 g/mol. The Morgan fingerprint density at radius 1 is 1.38 bits per heavy atom. The van der Waals surface area contributed by atoms with Gasteiger partial charge >= 0.3 is 0 Å². The van der Waals surface area contributed by atoms with Gasteiger partial charge in [-0.1, -0.05) is 27.7 Å². The van der Waals surface area contributed by atoms with E-state index in [0.717, 1.165) is 6.61 Å². The molecule has 0 aromatic heterocycles. The van der Waals surface area contributed by atoms with Gasteiger partial charge in [-0.15, -0.1) is 0 Å². The molecule has 0 aromatic carbocycles. The van der Waals surface area contributed by atoms with E-state index in [9.17, 15) is 0 Å². The topological polar surface area (TPSA) is 12.5 Å². The summed E-state index contributed by atoms with van der Waals surface area (Å²) in [5.41, 5.74) is 0.463. The fraction of sp³-hybridized carbons (Fsp3) is 1.00. The van der Waals surface area contributed by atoms with Gasteiger partial charge in [-0.3, -0.25) is 0 Å². The minimum Gasteiger partial charge on any atom is -0.425 e. The molecule has 1 rings (SSSR count). The van der Waals surface area contributed by atoms with Gasteiger partial charge < -0.3 is 8.99 Å². The Kier molecular flexibility index (Phi) is 4.16. The predicted octanol–water partition coefficient (Wildman–Crippen LogP) is 0.689. The van der Waals surface area contributed by atoms with Crippen LogP contribution in [0.1, 0.15) is 27.7 Å². The maximum atomic E-state index is 5.84. The second kappa shape index (κ2) is 4.73. The zero-order valence-electron chi connectivity index (χ0n) is 9.47. The van der Waals surface area contributed by atoms with E-state index in [1.54, 1.807) is 0 Å². The molecule has 0 saturated carbocycles.